The number of para-hydroxylation sites is 1. The minimum atomic E-state index is -0.136. The Morgan fingerprint density at radius 1 is 1.29 bits per heavy atom. The number of benzene rings is 1. The standard InChI is InChI=1S/C17H25FN2O/c1-20(12-15-6-2-3-10-21-15)17-13(5-4-7-16(17)18)11-19-14-8-9-14/h4-5,7,14-15,19H,2-3,6,8-12H2,1H3. The van der Waals surface area contributed by atoms with Gasteiger partial charge in [0.25, 0.3) is 0 Å². The monoisotopic (exact) mass is 292 g/mol. The second-order valence-corrected chi connectivity index (χ2v) is 6.27. The van der Waals surface area contributed by atoms with Crippen molar-refractivity contribution in [2.75, 3.05) is 25.1 Å². The number of likely N-dealkylation sites (N-methyl/N-ethyl adjacent to an activating group) is 1. The smallest absolute Gasteiger partial charge is 0.146 e. The molecule has 0 bridgehead atoms. The summed E-state index contributed by atoms with van der Waals surface area (Å²) in [6, 6.07) is 6.00. The van der Waals surface area contributed by atoms with Gasteiger partial charge in [0.1, 0.15) is 5.82 Å². The third kappa shape index (κ3) is 3.95. The molecule has 3 rings (SSSR count). The predicted molar refractivity (Wildman–Crippen MR) is 83.1 cm³/mol. The van der Waals surface area contributed by atoms with Crippen molar-refractivity contribution in [3.8, 4) is 0 Å². The van der Waals surface area contributed by atoms with Gasteiger partial charge >= 0.3 is 0 Å². The van der Waals surface area contributed by atoms with E-state index >= 15 is 0 Å². The van der Waals surface area contributed by atoms with E-state index in [-0.39, 0.29) is 11.9 Å². The van der Waals surface area contributed by atoms with Gasteiger partial charge in [0.2, 0.25) is 0 Å². The van der Waals surface area contributed by atoms with Crippen molar-refractivity contribution >= 4 is 5.69 Å². The summed E-state index contributed by atoms with van der Waals surface area (Å²) in [4.78, 5) is 2.02. The van der Waals surface area contributed by atoms with Crippen LogP contribution in [0.5, 0.6) is 0 Å². The van der Waals surface area contributed by atoms with E-state index < -0.39 is 0 Å². The van der Waals surface area contributed by atoms with E-state index in [1.165, 1.54) is 19.3 Å². The van der Waals surface area contributed by atoms with E-state index in [1.54, 1.807) is 12.1 Å². The molecule has 1 saturated heterocycles. The molecule has 4 heteroatoms. The Labute approximate surface area is 126 Å². The first kappa shape index (κ1) is 14.8. The maximum atomic E-state index is 14.3. The summed E-state index contributed by atoms with van der Waals surface area (Å²) in [5, 5.41) is 3.47. The second-order valence-electron chi connectivity index (χ2n) is 6.27. The van der Waals surface area contributed by atoms with Crippen molar-refractivity contribution in [2.24, 2.45) is 0 Å². The first-order valence-corrected chi connectivity index (χ1v) is 8.07. The molecule has 0 radical (unpaired) electrons. The van der Waals surface area contributed by atoms with Crippen LogP contribution in [0.25, 0.3) is 0 Å². The third-order valence-electron chi connectivity index (χ3n) is 4.36. The SMILES string of the molecule is CN(CC1CCCCO1)c1c(F)cccc1CNC1CC1. The van der Waals surface area contributed by atoms with Crippen molar-refractivity contribution < 1.29 is 9.13 Å². The summed E-state index contributed by atoms with van der Waals surface area (Å²) >= 11 is 0. The number of halogens is 1. The lowest BCUT2D eigenvalue weighted by Gasteiger charge is -2.30. The van der Waals surface area contributed by atoms with Crippen molar-refractivity contribution in [1.29, 1.82) is 0 Å². The quantitative estimate of drug-likeness (QED) is 0.872. The number of hydrogen-bond donors (Lipinski definition) is 1. The molecule has 116 valence electrons. The number of anilines is 1. The Hall–Kier alpha value is -1.13. The predicted octanol–water partition coefficient (Wildman–Crippen LogP) is 3.08. The maximum Gasteiger partial charge on any atom is 0.146 e. The lowest BCUT2D eigenvalue weighted by Crippen LogP contribution is -2.34. The van der Waals surface area contributed by atoms with Gasteiger partial charge in [-0.25, -0.2) is 4.39 Å². The molecule has 0 aromatic heterocycles. The Balaban J connectivity index is 1.68. The first-order valence-electron chi connectivity index (χ1n) is 8.07. The molecular formula is C17H25FN2O. The van der Waals surface area contributed by atoms with Gasteiger partial charge in [-0.15, -0.1) is 0 Å². The van der Waals surface area contributed by atoms with E-state index in [2.05, 4.69) is 5.32 Å². The summed E-state index contributed by atoms with van der Waals surface area (Å²) in [6.07, 6.45) is 6.16. The number of nitrogens with one attached hydrogen (secondary N) is 1. The van der Waals surface area contributed by atoms with Crippen LogP contribution in [0.4, 0.5) is 10.1 Å². The highest BCUT2D eigenvalue weighted by Crippen LogP contribution is 2.27. The molecule has 2 fully saturated rings. The zero-order valence-corrected chi connectivity index (χ0v) is 12.8. The summed E-state index contributed by atoms with van der Waals surface area (Å²) in [7, 11) is 1.97. The van der Waals surface area contributed by atoms with Crippen LogP contribution in [0.2, 0.25) is 0 Å². The minimum absolute atomic E-state index is 0.136. The molecule has 1 aliphatic heterocycles. The van der Waals surface area contributed by atoms with Gasteiger partial charge in [-0.3, -0.25) is 0 Å². The number of nitrogens with zero attached hydrogens (tertiary/aromatic N) is 1. The van der Waals surface area contributed by atoms with Crippen LogP contribution < -0.4 is 10.2 Å². The second kappa shape index (κ2) is 6.75. The number of ether oxygens (including phenoxy) is 1. The lowest BCUT2D eigenvalue weighted by atomic mass is 10.1. The van der Waals surface area contributed by atoms with Crippen LogP contribution in [-0.4, -0.2) is 32.3 Å². The van der Waals surface area contributed by atoms with Crippen LogP contribution in [0.1, 0.15) is 37.7 Å². The Morgan fingerprint density at radius 2 is 2.14 bits per heavy atom. The topological polar surface area (TPSA) is 24.5 Å². The molecule has 21 heavy (non-hydrogen) atoms. The van der Waals surface area contributed by atoms with E-state index in [0.29, 0.717) is 6.04 Å². The fourth-order valence-electron chi connectivity index (χ4n) is 3.02. The molecule has 1 unspecified atom stereocenters. The zero-order valence-electron chi connectivity index (χ0n) is 12.8. The summed E-state index contributed by atoms with van der Waals surface area (Å²) in [6.45, 7) is 2.34. The molecule has 1 N–H and O–H groups in total. The van der Waals surface area contributed by atoms with Crippen LogP contribution in [-0.2, 0) is 11.3 Å². The van der Waals surface area contributed by atoms with E-state index in [0.717, 1.165) is 43.8 Å². The number of hydrogen-bond acceptors (Lipinski definition) is 3. The van der Waals surface area contributed by atoms with Gasteiger partial charge < -0.3 is 15.0 Å². The van der Waals surface area contributed by atoms with Crippen molar-refractivity contribution in [1.82, 2.24) is 5.32 Å². The fraction of sp³-hybridized carbons (Fsp3) is 0.647. The van der Waals surface area contributed by atoms with E-state index in [9.17, 15) is 4.39 Å². The highest BCUT2D eigenvalue weighted by atomic mass is 19.1. The van der Waals surface area contributed by atoms with Crippen LogP contribution in [0, 0.1) is 5.82 Å². The van der Waals surface area contributed by atoms with Gasteiger partial charge in [0.15, 0.2) is 0 Å². The molecule has 0 amide bonds. The van der Waals surface area contributed by atoms with Gasteiger partial charge in [0.05, 0.1) is 11.8 Å². The minimum Gasteiger partial charge on any atom is -0.376 e. The number of rotatable bonds is 6. The molecule has 1 aromatic rings. The van der Waals surface area contributed by atoms with Gasteiger partial charge in [0, 0.05) is 32.8 Å². The fourth-order valence-corrected chi connectivity index (χ4v) is 3.02. The zero-order chi connectivity index (χ0) is 14.7. The molecule has 3 nitrogen and oxygen atoms in total. The molecule has 1 atom stereocenters. The van der Waals surface area contributed by atoms with Gasteiger partial charge in [-0.2, -0.15) is 0 Å². The van der Waals surface area contributed by atoms with Crippen molar-refractivity contribution in [2.45, 2.75) is 50.8 Å². The van der Waals surface area contributed by atoms with Gasteiger partial charge in [-0.05, 0) is 43.7 Å². The average Bonchev–Trinajstić information content (AvgIpc) is 3.30. The molecule has 1 aliphatic carbocycles. The largest absolute Gasteiger partial charge is 0.376 e. The molecule has 1 heterocycles. The maximum absolute atomic E-state index is 14.3. The van der Waals surface area contributed by atoms with Crippen LogP contribution in [0.3, 0.4) is 0 Å². The Kier molecular flexibility index (Phi) is 4.76. The van der Waals surface area contributed by atoms with Gasteiger partial charge in [-0.1, -0.05) is 12.1 Å². The summed E-state index contributed by atoms with van der Waals surface area (Å²) in [5.74, 6) is -0.136. The molecule has 1 aromatic carbocycles. The summed E-state index contributed by atoms with van der Waals surface area (Å²) in [5.41, 5.74) is 1.76. The van der Waals surface area contributed by atoms with Crippen molar-refractivity contribution in [3.05, 3.63) is 29.6 Å². The van der Waals surface area contributed by atoms with Crippen molar-refractivity contribution in [3.63, 3.8) is 0 Å². The highest BCUT2D eigenvalue weighted by Gasteiger charge is 2.23. The van der Waals surface area contributed by atoms with Crippen LogP contribution in [0.15, 0.2) is 18.2 Å². The normalized spacial score (nSPS) is 22.3. The molecular weight excluding hydrogens is 267 g/mol. The summed E-state index contributed by atoms with van der Waals surface area (Å²) < 4.78 is 20.1. The highest BCUT2D eigenvalue weighted by molar-refractivity contribution is 5.54. The molecule has 1 saturated carbocycles. The lowest BCUT2D eigenvalue weighted by molar-refractivity contribution is 0.0215. The Bertz CT molecular complexity index is 470. The molecule has 2 aliphatic rings. The van der Waals surface area contributed by atoms with E-state index in [4.69, 9.17) is 4.74 Å². The first-order chi connectivity index (χ1) is 10.2. The van der Waals surface area contributed by atoms with E-state index in [1.807, 2.05) is 18.0 Å². The van der Waals surface area contributed by atoms with Crippen LogP contribution >= 0.6 is 0 Å². The Morgan fingerprint density at radius 3 is 2.86 bits per heavy atom. The third-order valence-corrected chi connectivity index (χ3v) is 4.36. The molecule has 0 spiro atoms. The average molecular weight is 292 g/mol.